The topological polar surface area (TPSA) is 139 Å². The molecule has 1 atom stereocenters. The number of carbonyl (C=O) groups excluding carboxylic acids is 2. The number of rotatable bonds is 5. The van der Waals surface area contributed by atoms with E-state index in [2.05, 4.69) is 25.7 Å². The lowest BCUT2D eigenvalue weighted by molar-refractivity contribution is -0.120. The number of fused-ring (bicyclic) bond motifs is 2. The van der Waals surface area contributed by atoms with Crippen molar-refractivity contribution in [3.63, 3.8) is 0 Å². The number of nitrogens with one attached hydrogen (secondary N) is 2. The lowest BCUT2D eigenvalue weighted by atomic mass is 9.89. The maximum Gasteiger partial charge on any atom is 0.335 e. The van der Waals surface area contributed by atoms with Gasteiger partial charge < -0.3 is 15.7 Å². The molecule has 10 heteroatoms. The lowest BCUT2D eigenvalue weighted by Crippen LogP contribution is -2.28. The molecule has 2 heterocycles. The highest BCUT2D eigenvalue weighted by molar-refractivity contribution is 6.07. The summed E-state index contributed by atoms with van der Waals surface area (Å²) in [7, 11) is 1.70. The third-order valence-electron chi connectivity index (χ3n) is 6.83. The van der Waals surface area contributed by atoms with Gasteiger partial charge in [-0.15, -0.1) is 0 Å². The van der Waals surface area contributed by atoms with E-state index < -0.39 is 11.9 Å². The van der Waals surface area contributed by atoms with Crippen LogP contribution in [-0.4, -0.2) is 42.6 Å². The van der Waals surface area contributed by atoms with E-state index in [1.54, 1.807) is 25.2 Å². The molecule has 0 saturated heterocycles. The molecule has 3 aromatic rings. The number of carboxylic acids is 1. The third-order valence-corrected chi connectivity index (χ3v) is 6.83. The molecule has 0 bridgehead atoms. The van der Waals surface area contributed by atoms with Gasteiger partial charge >= 0.3 is 5.97 Å². The van der Waals surface area contributed by atoms with Crippen LogP contribution in [0.2, 0.25) is 0 Å². The van der Waals surface area contributed by atoms with Crippen LogP contribution < -0.4 is 10.6 Å². The Labute approximate surface area is 195 Å². The first-order valence-electron chi connectivity index (χ1n) is 11.6. The van der Waals surface area contributed by atoms with E-state index in [-0.39, 0.29) is 29.1 Å². The van der Waals surface area contributed by atoms with Gasteiger partial charge in [0.1, 0.15) is 17.4 Å². The van der Waals surface area contributed by atoms with E-state index in [0.29, 0.717) is 29.7 Å². The molecule has 2 aliphatic carbocycles. The minimum atomic E-state index is -0.972. The van der Waals surface area contributed by atoms with Crippen molar-refractivity contribution in [3.8, 4) is 0 Å². The molecule has 0 aliphatic heterocycles. The summed E-state index contributed by atoms with van der Waals surface area (Å²) in [6, 6.07) is 4.72. The summed E-state index contributed by atoms with van der Waals surface area (Å²) >= 11 is 0. The minimum absolute atomic E-state index is 0.0209. The number of aromatic nitrogens is 4. The zero-order valence-corrected chi connectivity index (χ0v) is 18.9. The molecule has 1 aromatic carbocycles. The van der Waals surface area contributed by atoms with Crippen molar-refractivity contribution in [3.05, 3.63) is 46.9 Å². The van der Waals surface area contributed by atoms with Gasteiger partial charge in [-0.05, 0) is 48.9 Å². The van der Waals surface area contributed by atoms with Gasteiger partial charge in [0.25, 0.3) is 5.91 Å². The SMILES string of the molecule is Cn1nc2c(C(=O)N[C@H]3CCc4cc(C(=O)O)ccc43)ncnc2c1NC(=O)C1CCCCC1. The fraction of sp³-hybridized carbons (Fsp3) is 0.417. The van der Waals surface area contributed by atoms with Crippen LogP contribution in [0, 0.1) is 5.92 Å². The predicted octanol–water partition coefficient (Wildman–Crippen LogP) is 3.00. The van der Waals surface area contributed by atoms with E-state index in [1.165, 1.54) is 11.0 Å². The first-order chi connectivity index (χ1) is 16.4. The van der Waals surface area contributed by atoms with Gasteiger partial charge in [0.2, 0.25) is 5.91 Å². The second-order valence-electron chi connectivity index (χ2n) is 9.00. The molecule has 34 heavy (non-hydrogen) atoms. The first kappa shape index (κ1) is 22.0. The Morgan fingerprint density at radius 3 is 2.62 bits per heavy atom. The molecule has 10 nitrogen and oxygen atoms in total. The molecule has 1 saturated carbocycles. The number of aryl methyl sites for hydroxylation is 2. The molecule has 5 rings (SSSR count). The summed E-state index contributed by atoms with van der Waals surface area (Å²) in [6.07, 6.45) is 7.68. The lowest BCUT2D eigenvalue weighted by Gasteiger charge is -2.20. The van der Waals surface area contributed by atoms with Crippen molar-refractivity contribution < 1.29 is 19.5 Å². The van der Waals surface area contributed by atoms with Crippen LogP contribution in [-0.2, 0) is 18.3 Å². The molecule has 176 valence electrons. The Morgan fingerprint density at radius 2 is 1.85 bits per heavy atom. The Balaban J connectivity index is 1.38. The van der Waals surface area contributed by atoms with E-state index >= 15 is 0 Å². The van der Waals surface area contributed by atoms with Gasteiger partial charge in [0.15, 0.2) is 11.5 Å². The summed E-state index contributed by atoms with van der Waals surface area (Å²) in [4.78, 5) is 45.6. The molecule has 0 radical (unpaired) electrons. The number of hydrogen-bond donors (Lipinski definition) is 3. The van der Waals surface area contributed by atoms with Gasteiger partial charge in [0, 0.05) is 13.0 Å². The average Bonchev–Trinajstić information content (AvgIpc) is 3.39. The van der Waals surface area contributed by atoms with Gasteiger partial charge in [-0.2, -0.15) is 5.10 Å². The summed E-state index contributed by atoms with van der Waals surface area (Å²) in [5.74, 6) is -0.977. The standard InChI is InChI=1S/C24H26N6O4/c1-30-21(28-22(31)13-5-3-2-4-6-13)19-18(29-30)20(26-12-25-19)23(32)27-17-10-8-14-11-15(24(33)34)7-9-16(14)17/h7,9,11-13,17H,2-6,8,10H2,1H3,(H,27,32)(H,28,31)(H,33,34)/t17-/m0/s1. The molecule has 2 aromatic heterocycles. The fourth-order valence-corrected chi connectivity index (χ4v) is 5.02. The summed E-state index contributed by atoms with van der Waals surface area (Å²) in [5, 5.41) is 19.6. The highest BCUT2D eigenvalue weighted by Crippen LogP contribution is 2.33. The zero-order chi connectivity index (χ0) is 23.8. The Morgan fingerprint density at radius 1 is 1.06 bits per heavy atom. The van der Waals surface area contributed by atoms with Crippen LogP contribution in [0.4, 0.5) is 5.82 Å². The van der Waals surface area contributed by atoms with Crippen molar-refractivity contribution in [1.29, 1.82) is 0 Å². The molecular weight excluding hydrogens is 436 g/mol. The van der Waals surface area contributed by atoms with Crippen LogP contribution >= 0.6 is 0 Å². The minimum Gasteiger partial charge on any atom is -0.478 e. The van der Waals surface area contributed by atoms with Crippen molar-refractivity contribution >= 4 is 34.6 Å². The molecular formula is C24H26N6O4. The summed E-state index contributed by atoms with van der Waals surface area (Å²) in [5.41, 5.74) is 2.94. The normalized spacial score (nSPS) is 18.0. The van der Waals surface area contributed by atoms with Crippen LogP contribution in [0.5, 0.6) is 0 Å². The largest absolute Gasteiger partial charge is 0.478 e. The van der Waals surface area contributed by atoms with Crippen LogP contribution in [0.1, 0.15) is 76.5 Å². The summed E-state index contributed by atoms with van der Waals surface area (Å²) < 4.78 is 1.52. The van der Waals surface area contributed by atoms with Gasteiger partial charge in [-0.3, -0.25) is 9.59 Å². The highest BCUT2D eigenvalue weighted by Gasteiger charge is 2.28. The number of anilines is 1. The number of benzene rings is 1. The predicted molar refractivity (Wildman–Crippen MR) is 123 cm³/mol. The van der Waals surface area contributed by atoms with E-state index in [0.717, 1.165) is 43.2 Å². The highest BCUT2D eigenvalue weighted by atomic mass is 16.4. The van der Waals surface area contributed by atoms with E-state index in [1.807, 2.05) is 0 Å². The van der Waals surface area contributed by atoms with Crippen LogP contribution in [0.25, 0.3) is 11.0 Å². The number of hydrogen-bond acceptors (Lipinski definition) is 6. The number of carbonyl (C=O) groups is 3. The van der Waals surface area contributed by atoms with Crippen molar-refractivity contribution in [2.75, 3.05) is 5.32 Å². The second-order valence-corrected chi connectivity index (χ2v) is 9.00. The monoisotopic (exact) mass is 462 g/mol. The second kappa shape index (κ2) is 8.85. The van der Waals surface area contributed by atoms with Gasteiger partial charge in [0.05, 0.1) is 11.6 Å². The summed E-state index contributed by atoms with van der Waals surface area (Å²) in [6.45, 7) is 0. The van der Waals surface area contributed by atoms with Gasteiger partial charge in [-0.1, -0.05) is 25.3 Å². The number of nitrogens with zero attached hydrogens (tertiary/aromatic N) is 4. The Bertz CT molecular complexity index is 1290. The molecule has 2 amide bonds. The fourth-order valence-electron chi connectivity index (χ4n) is 5.02. The molecule has 0 spiro atoms. The average molecular weight is 463 g/mol. The molecule has 1 fully saturated rings. The van der Waals surface area contributed by atoms with E-state index in [4.69, 9.17) is 0 Å². The quantitative estimate of drug-likeness (QED) is 0.530. The number of carboxylic acid groups (broad SMARTS) is 1. The molecule has 2 aliphatic rings. The first-order valence-corrected chi connectivity index (χ1v) is 11.6. The third kappa shape index (κ3) is 4.00. The number of amides is 2. The maximum absolute atomic E-state index is 13.2. The molecule has 3 N–H and O–H groups in total. The Hall–Kier alpha value is -3.82. The molecule has 0 unspecified atom stereocenters. The van der Waals surface area contributed by atoms with Gasteiger partial charge in [-0.25, -0.2) is 19.4 Å². The van der Waals surface area contributed by atoms with E-state index in [9.17, 15) is 19.5 Å². The maximum atomic E-state index is 13.2. The smallest absolute Gasteiger partial charge is 0.335 e. The van der Waals surface area contributed by atoms with Crippen LogP contribution in [0.15, 0.2) is 24.5 Å². The van der Waals surface area contributed by atoms with Crippen molar-refractivity contribution in [2.45, 2.75) is 51.0 Å². The van der Waals surface area contributed by atoms with Crippen molar-refractivity contribution in [2.24, 2.45) is 13.0 Å². The van der Waals surface area contributed by atoms with Crippen molar-refractivity contribution in [1.82, 2.24) is 25.1 Å². The number of aromatic carboxylic acids is 1. The Kier molecular flexibility index (Phi) is 5.72. The zero-order valence-electron chi connectivity index (χ0n) is 18.9. The van der Waals surface area contributed by atoms with Crippen LogP contribution in [0.3, 0.4) is 0 Å².